The predicted octanol–water partition coefficient (Wildman–Crippen LogP) is 1.28. The van der Waals surface area contributed by atoms with Crippen LogP contribution < -0.4 is 9.46 Å². The number of sulfonamides is 1. The molecule has 0 aliphatic rings. The Balaban J connectivity index is 3.27. The third-order valence-electron chi connectivity index (χ3n) is 2.03. The zero-order chi connectivity index (χ0) is 13.8. The number of nitrogens with one attached hydrogen (secondary N) is 1. The van der Waals surface area contributed by atoms with Gasteiger partial charge in [-0.15, -0.1) is 0 Å². The lowest BCUT2D eigenvalue weighted by Crippen LogP contribution is -2.26. The number of ether oxygens (including phenoxy) is 1. The number of rotatable bonds is 6. The molecule has 1 aromatic rings. The molecule has 0 amide bonds. The van der Waals surface area contributed by atoms with Crippen LogP contribution in [-0.4, -0.2) is 32.3 Å². The predicted molar refractivity (Wildman–Crippen MR) is 68.6 cm³/mol. The molecule has 0 aromatic heterocycles. The zero-order valence-corrected chi connectivity index (χ0v) is 11.8. The highest BCUT2D eigenvalue weighted by atomic mass is 79.9. The number of halogens is 1. The average Bonchev–Trinajstić information content (AvgIpc) is 2.35. The van der Waals surface area contributed by atoms with E-state index in [-0.39, 0.29) is 22.9 Å². The smallest absolute Gasteiger partial charge is 0.271 e. The van der Waals surface area contributed by atoms with Gasteiger partial charge in [-0.2, -0.15) is 0 Å². The standard InChI is InChI=1S/C9H11BrN2O5S/c1-17-8-3-2-7(12(13)14)6-9(8)18(15,16)11-5-4-10/h2-3,6,11H,4-5H2,1H3. The molecule has 0 aliphatic carbocycles. The summed E-state index contributed by atoms with van der Waals surface area (Å²) in [6.45, 7) is 0.175. The lowest BCUT2D eigenvalue weighted by Gasteiger charge is -2.09. The summed E-state index contributed by atoms with van der Waals surface area (Å²) in [5.41, 5.74) is -0.310. The maximum atomic E-state index is 11.9. The van der Waals surface area contributed by atoms with Gasteiger partial charge in [-0.25, -0.2) is 13.1 Å². The summed E-state index contributed by atoms with van der Waals surface area (Å²) in [5.74, 6) is 0.0580. The Morgan fingerprint density at radius 2 is 2.17 bits per heavy atom. The van der Waals surface area contributed by atoms with Crippen molar-refractivity contribution in [2.75, 3.05) is 19.0 Å². The Hall–Kier alpha value is -1.19. The number of benzene rings is 1. The average molecular weight is 339 g/mol. The van der Waals surface area contributed by atoms with E-state index in [1.165, 1.54) is 19.2 Å². The Labute approximate surface area is 112 Å². The molecule has 0 saturated heterocycles. The molecule has 0 bridgehead atoms. The van der Waals surface area contributed by atoms with Crippen molar-refractivity contribution >= 4 is 31.6 Å². The second kappa shape index (κ2) is 6.12. The van der Waals surface area contributed by atoms with Crippen LogP contribution in [0.2, 0.25) is 0 Å². The van der Waals surface area contributed by atoms with Crippen molar-refractivity contribution in [3.63, 3.8) is 0 Å². The van der Waals surface area contributed by atoms with Gasteiger partial charge in [0.05, 0.1) is 12.0 Å². The van der Waals surface area contributed by atoms with Gasteiger partial charge in [0, 0.05) is 24.0 Å². The van der Waals surface area contributed by atoms with Crippen molar-refractivity contribution in [3.8, 4) is 5.75 Å². The summed E-state index contributed by atoms with van der Waals surface area (Å²) in [5, 5.41) is 11.1. The number of nitro benzene ring substituents is 1. The summed E-state index contributed by atoms with van der Waals surface area (Å²) >= 11 is 3.08. The molecule has 0 atom stereocenters. The molecule has 0 saturated carbocycles. The Bertz CT molecular complexity index is 546. The van der Waals surface area contributed by atoms with E-state index in [0.29, 0.717) is 5.33 Å². The van der Waals surface area contributed by atoms with Gasteiger partial charge in [-0.05, 0) is 6.07 Å². The van der Waals surface area contributed by atoms with E-state index in [9.17, 15) is 18.5 Å². The number of hydrogen-bond acceptors (Lipinski definition) is 5. The number of methoxy groups -OCH3 is 1. The van der Waals surface area contributed by atoms with Crippen LogP contribution in [0.25, 0.3) is 0 Å². The van der Waals surface area contributed by atoms with Gasteiger partial charge in [0.25, 0.3) is 5.69 Å². The van der Waals surface area contributed by atoms with Gasteiger partial charge in [-0.1, -0.05) is 15.9 Å². The van der Waals surface area contributed by atoms with Gasteiger partial charge in [0.15, 0.2) is 0 Å². The summed E-state index contributed by atoms with van der Waals surface area (Å²) < 4.78 is 31.0. The normalized spacial score (nSPS) is 11.2. The second-order valence-electron chi connectivity index (χ2n) is 3.18. The van der Waals surface area contributed by atoms with Crippen LogP contribution >= 0.6 is 15.9 Å². The Kier molecular flexibility index (Phi) is 5.05. The molecular weight excluding hydrogens is 328 g/mol. The molecule has 0 radical (unpaired) electrons. The fraction of sp³-hybridized carbons (Fsp3) is 0.333. The van der Waals surface area contributed by atoms with E-state index in [2.05, 4.69) is 20.7 Å². The van der Waals surface area contributed by atoms with Crippen LogP contribution in [0.5, 0.6) is 5.75 Å². The summed E-state index contributed by atoms with van der Waals surface area (Å²) in [6, 6.07) is 3.40. The minimum absolute atomic E-state index is 0.0580. The second-order valence-corrected chi connectivity index (χ2v) is 5.71. The summed E-state index contributed by atoms with van der Waals surface area (Å²) in [4.78, 5) is 9.72. The van der Waals surface area contributed by atoms with Crippen molar-refractivity contribution in [2.24, 2.45) is 0 Å². The Morgan fingerprint density at radius 1 is 1.50 bits per heavy atom. The molecule has 0 heterocycles. The molecule has 0 aliphatic heterocycles. The molecule has 9 heteroatoms. The van der Waals surface area contributed by atoms with E-state index in [0.717, 1.165) is 6.07 Å². The Morgan fingerprint density at radius 3 is 2.67 bits per heavy atom. The lowest BCUT2D eigenvalue weighted by molar-refractivity contribution is -0.385. The molecular formula is C9H11BrN2O5S. The quantitative estimate of drug-likeness (QED) is 0.478. The minimum atomic E-state index is -3.83. The van der Waals surface area contributed by atoms with Gasteiger partial charge >= 0.3 is 0 Å². The summed E-state index contributed by atoms with van der Waals surface area (Å²) in [7, 11) is -2.53. The van der Waals surface area contributed by atoms with Crippen molar-refractivity contribution in [1.29, 1.82) is 0 Å². The van der Waals surface area contributed by atoms with E-state index < -0.39 is 14.9 Å². The first kappa shape index (κ1) is 14.9. The number of alkyl halides is 1. The number of nitro groups is 1. The van der Waals surface area contributed by atoms with Gasteiger partial charge in [-0.3, -0.25) is 10.1 Å². The molecule has 1 rings (SSSR count). The van der Waals surface area contributed by atoms with Crippen LogP contribution in [0.1, 0.15) is 0 Å². The number of hydrogen-bond donors (Lipinski definition) is 1. The van der Waals surface area contributed by atoms with E-state index in [1.54, 1.807) is 0 Å². The summed E-state index contributed by atoms with van der Waals surface area (Å²) in [6.07, 6.45) is 0. The first-order valence-electron chi connectivity index (χ1n) is 4.80. The first-order valence-corrected chi connectivity index (χ1v) is 7.41. The zero-order valence-electron chi connectivity index (χ0n) is 9.42. The SMILES string of the molecule is COc1ccc([N+](=O)[O-])cc1S(=O)(=O)NCCBr. The fourth-order valence-corrected chi connectivity index (χ4v) is 2.92. The molecule has 1 aromatic carbocycles. The van der Waals surface area contributed by atoms with E-state index in [1.807, 2.05) is 0 Å². The van der Waals surface area contributed by atoms with Crippen LogP contribution in [0, 0.1) is 10.1 Å². The van der Waals surface area contributed by atoms with Crippen molar-refractivity contribution < 1.29 is 18.1 Å². The first-order chi connectivity index (χ1) is 8.42. The van der Waals surface area contributed by atoms with Crippen LogP contribution in [0.15, 0.2) is 23.1 Å². The van der Waals surface area contributed by atoms with Crippen molar-refractivity contribution in [1.82, 2.24) is 4.72 Å². The molecule has 0 fully saturated rings. The maximum absolute atomic E-state index is 11.9. The van der Waals surface area contributed by atoms with Crippen LogP contribution in [0.4, 0.5) is 5.69 Å². The molecule has 100 valence electrons. The fourth-order valence-electron chi connectivity index (χ4n) is 1.24. The molecule has 1 N–H and O–H groups in total. The molecule has 0 spiro atoms. The monoisotopic (exact) mass is 338 g/mol. The van der Waals surface area contributed by atoms with Gasteiger partial charge in [0.1, 0.15) is 10.6 Å². The highest BCUT2D eigenvalue weighted by Crippen LogP contribution is 2.27. The molecule has 0 unspecified atom stereocenters. The largest absolute Gasteiger partial charge is 0.495 e. The third-order valence-corrected chi connectivity index (χ3v) is 3.91. The highest BCUT2D eigenvalue weighted by molar-refractivity contribution is 9.09. The topological polar surface area (TPSA) is 98.5 Å². The van der Waals surface area contributed by atoms with Crippen molar-refractivity contribution in [2.45, 2.75) is 4.90 Å². The highest BCUT2D eigenvalue weighted by Gasteiger charge is 2.22. The minimum Gasteiger partial charge on any atom is -0.495 e. The third kappa shape index (κ3) is 3.40. The van der Waals surface area contributed by atoms with E-state index in [4.69, 9.17) is 4.74 Å². The lowest BCUT2D eigenvalue weighted by atomic mass is 10.3. The number of non-ortho nitro benzene ring substituents is 1. The van der Waals surface area contributed by atoms with Crippen LogP contribution in [-0.2, 0) is 10.0 Å². The molecule has 18 heavy (non-hydrogen) atoms. The van der Waals surface area contributed by atoms with Gasteiger partial charge < -0.3 is 4.74 Å². The molecule has 7 nitrogen and oxygen atoms in total. The van der Waals surface area contributed by atoms with Crippen LogP contribution in [0.3, 0.4) is 0 Å². The van der Waals surface area contributed by atoms with Gasteiger partial charge in [0.2, 0.25) is 10.0 Å². The maximum Gasteiger partial charge on any atom is 0.271 e. The van der Waals surface area contributed by atoms with E-state index >= 15 is 0 Å². The number of nitrogens with zero attached hydrogens (tertiary/aromatic N) is 1. The van der Waals surface area contributed by atoms with Crippen molar-refractivity contribution in [3.05, 3.63) is 28.3 Å².